The van der Waals surface area contributed by atoms with Gasteiger partial charge in [-0.3, -0.25) is 9.59 Å². The minimum absolute atomic E-state index is 0.176. The van der Waals surface area contributed by atoms with Crippen LogP contribution in [0.2, 0.25) is 0 Å². The summed E-state index contributed by atoms with van der Waals surface area (Å²) in [6.07, 6.45) is 0. The van der Waals surface area contributed by atoms with E-state index in [9.17, 15) is 14.4 Å². The van der Waals surface area contributed by atoms with E-state index in [0.717, 1.165) is 15.7 Å². The molecule has 4 aromatic carbocycles. The van der Waals surface area contributed by atoms with Crippen LogP contribution in [0.25, 0.3) is 10.8 Å². The van der Waals surface area contributed by atoms with E-state index in [1.165, 1.54) is 11.8 Å². The van der Waals surface area contributed by atoms with Crippen molar-refractivity contribution in [3.05, 3.63) is 102 Å². The van der Waals surface area contributed by atoms with Crippen LogP contribution in [0.5, 0.6) is 0 Å². The zero-order chi connectivity index (χ0) is 24.6. The van der Waals surface area contributed by atoms with Crippen LogP contribution in [-0.4, -0.2) is 30.1 Å². The Morgan fingerprint density at radius 3 is 2.26 bits per heavy atom. The number of ether oxygens (including phenoxy) is 1. The maximum absolute atomic E-state index is 12.7. The van der Waals surface area contributed by atoms with Gasteiger partial charge in [0.1, 0.15) is 0 Å². The molecule has 0 radical (unpaired) electrons. The molecule has 6 nitrogen and oxygen atoms in total. The fraction of sp³-hybridized carbons (Fsp3) is 0.107. The molecule has 0 saturated heterocycles. The van der Waals surface area contributed by atoms with Gasteiger partial charge < -0.3 is 15.4 Å². The van der Waals surface area contributed by atoms with Crippen molar-refractivity contribution in [2.45, 2.75) is 11.8 Å². The van der Waals surface area contributed by atoms with Crippen molar-refractivity contribution >= 4 is 51.7 Å². The van der Waals surface area contributed by atoms with Crippen molar-refractivity contribution in [2.75, 3.05) is 23.0 Å². The zero-order valence-electron chi connectivity index (χ0n) is 19.1. The number of anilines is 2. The van der Waals surface area contributed by atoms with Gasteiger partial charge in [0.15, 0.2) is 0 Å². The van der Waals surface area contributed by atoms with E-state index in [1.54, 1.807) is 37.3 Å². The van der Waals surface area contributed by atoms with E-state index in [-0.39, 0.29) is 17.6 Å². The molecule has 2 N–H and O–H groups in total. The number of carbonyl (C=O) groups is 3. The molecule has 4 aromatic rings. The number of hydrogen-bond acceptors (Lipinski definition) is 5. The molecule has 4 rings (SSSR count). The van der Waals surface area contributed by atoms with E-state index < -0.39 is 5.97 Å². The largest absolute Gasteiger partial charge is 0.462 e. The summed E-state index contributed by atoms with van der Waals surface area (Å²) in [5, 5.41) is 7.82. The molecule has 0 heterocycles. The Balaban J connectivity index is 1.32. The number of fused-ring (bicyclic) bond motifs is 1. The van der Waals surface area contributed by atoms with Crippen LogP contribution in [0, 0.1) is 0 Å². The normalized spacial score (nSPS) is 10.5. The molecular formula is C28H24N2O4S. The summed E-state index contributed by atoms with van der Waals surface area (Å²) < 4.78 is 4.96. The molecule has 0 fully saturated rings. The van der Waals surface area contributed by atoms with Gasteiger partial charge in [-0.2, -0.15) is 0 Å². The highest BCUT2D eigenvalue weighted by molar-refractivity contribution is 8.00. The lowest BCUT2D eigenvalue weighted by molar-refractivity contribution is -0.113. The smallest absolute Gasteiger partial charge is 0.338 e. The van der Waals surface area contributed by atoms with Crippen LogP contribution in [0.4, 0.5) is 11.4 Å². The molecule has 7 heteroatoms. The third kappa shape index (κ3) is 6.49. The maximum atomic E-state index is 12.7. The number of thioether (sulfide) groups is 1. The highest BCUT2D eigenvalue weighted by Gasteiger charge is 2.10. The van der Waals surface area contributed by atoms with Crippen LogP contribution in [0.3, 0.4) is 0 Å². The van der Waals surface area contributed by atoms with Crippen molar-refractivity contribution in [1.82, 2.24) is 0 Å². The number of hydrogen-bond donors (Lipinski definition) is 2. The second kappa shape index (κ2) is 11.4. The molecular weight excluding hydrogens is 460 g/mol. The van der Waals surface area contributed by atoms with E-state index >= 15 is 0 Å². The van der Waals surface area contributed by atoms with E-state index in [2.05, 4.69) is 10.6 Å². The molecule has 2 amide bonds. The Morgan fingerprint density at radius 2 is 1.49 bits per heavy atom. The fourth-order valence-corrected chi connectivity index (χ4v) is 4.20. The molecule has 0 bridgehead atoms. The van der Waals surface area contributed by atoms with Gasteiger partial charge in [0.25, 0.3) is 5.91 Å². The second-order valence-electron chi connectivity index (χ2n) is 7.68. The fourth-order valence-electron chi connectivity index (χ4n) is 3.45. The second-order valence-corrected chi connectivity index (χ2v) is 8.73. The average Bonchev–Trinajstić information content (AvgIpc) is 2.88. The highest BCUT2D eigenvalue weighted by Crippen LogP contribution is 2.23. The SMILES string of the molecule is CCOC(=O)c1ccc(NC(=O)CSc2cccc(NC(=O)c3ccc4ccccc4c3)c2)cc1. The van der Waals surface area contributed by atoms with Crippen molar-refractivity contribution in [1.29, 1.82) is 0 Å². The molecule has 0 aliphatic rings. The zero-order valence-corrected chi connectivity index (χ0v) is 19.9. The monoisotopic (exact) mass is 484 g/mol. The van der Waals surface area contributed by atoms with Gasteiger partial charge in [0.05, 0.1) is 17.9 Å². The first-order valence-corrected chi connectivity index (χ1v) is 12.1. The predicted octanol–water partition coefficient (Wildman–Crippen LogP) is 6.00. The van der Waals surface area contributed by atoms with E-state index in [4.69, 9.17) is 4.74 Å². The number of amides is 2. The summed E-state index contributed by atoms with van der Waals surface area (Å²) in [4.78, 5) is 37.7. The van der Waals surface area contributed by atoms with Crippen molar-refractivity contribution in [2.24, 2.45) is 0 Å². The van der Waals surface area contributed by atoms with Crippen LogP contribution in [-0.2, 0) is 9.53 Å². The summed E-state index contributed by atoms with van der Waals surface area (Å²) >= 11 is 1.36. The third-order valence-corrected chi connectivity index (χ3v) is 6.15. The lowest BCUT2D eigenvalue weighted by Crippen LogP contribution is -2.14. The average molecular weight is 485 g/mol. The summed E-state index contributed by atoms with van der Waals surface area (Å²) in [7, 11) is 0. The Hall–Kier alpha value is -4.10. The molecule has 0 atom stereocenters. The molecule has 0 saturated carbocycles. The predicted molar refractivity (Wildman–Crippen MR) is 140 cm³/mol. The number of benzene rings is 4. The standard InChI is InChI=1S/C28H24N2O4S/c1-2-34-28(33)20-12-14-23(15-13-20)29-26(31)18-35-25-9-5-8-24(17-25)30-27(32)22-11-10-19-6-3-4-7-21(19)16-22/h3-17H,2,18H2,1H3,(H,29,31)(H,30,32). The minimum Gasteiger partial charge on any atom is -0.462 e. The minimum atomic E-state index is -0.395. The summed E-state index contributed by atoms with van der Waals surface area (Å²) in [5.41, 5.74) is 2.26. The van der Waals surface area contributed by atoms with Gasteiger partial charge in [-0.15, -0.1) is 11.8 Å². The lowest BCUT2D eigenvalue weighted by Gasteiger charge is -2.09. The Kier molecular flexibility index (Phi) is 7.80. The number of nitrogens with one attached hydrogen (secondary N) is 2. The number of carbonyl (C=O) groups excluding carboxylic acids is 3. The van der Waals surface area contributed by atoms with Crippen LogP contribution in [0.15, 0.2) is 95.9 Å². The number of rotatable bonds is 8. The van der Waals surface area contributed by atoms with E-state index in [0.29, 0.717) is 29.1 Å². The topological polar surface area (TPSA) is 84.5 Å². The van der Waals surface area contributed by atoms with Crippen LogP contribution >= 0.6 is 11.8 Å². The molecule has 35 heavy (non-hydrogen) atoms. The molecule has 0 unspecified atom stereocenters. The number of esters is 1. The quantitative estimate of drug-likeness (QED) is 0.237. The van der Waals surface area contributed by atoms with Gasteiger partial charge in [0, 0.05) is 21.8 Å². The maximum Gasteiger partial charge on any atom is 0.338 e. The highest BCUT2D eigenvalue weighted by atomic mass is 32.2. The van der Waals surface area contributed by atoms with Crippen molar-refractivity contribution in [3.8, 4) is 0 Å². The van der Waals surface area contributed by atoms with Gasteiger partial charge in [-0.1, -0.05) is 36.4 Å². The van der Waals surface area contributed by atoms with Crippen molar-refractivity contribution < 1.29 is 19.1 Å². The van der Waals surface area contributed by atoms with Gasteiger partial charge >= 0.3 is 5.97 Å². The van der Waals surface area contributed by atoms with Crippen molar-refractivity contribution in [3.63, 3.8) is 0 Å². The van der Waals surface area contributed by atoms with E-state index in [1.807, 2.05) is 60.7 Å². The molecule has 0 spiro atoms. The molecule has 176 valence electrons. The molecule has 0 aromatic heterocycles. The lowest BCUT2D eigenvalue weighted by atomic mass is 10.1. The molecule has 0 aliphatic heterocycles. The first-order chi connectivity index (χ1) is 17.0. The van der Waals surface area contributed by atoms with Gasteiger partial charge in [-0.05, 0) is 72.3 Å². The van der Waals surface area contributed by atoms with Crippen LogP contribution < -0.4 is 10.6 Å². The summed E-state index contributed by atoms with van der Waals surface area (Å²) in [5.74, 6) is -0.568. The third-order valence-electron chi connectivity index (χ3n) is 5.15. The Morgan fingerprint density at radius 1 is 0.743 bits per heavy atom. The van der Waals surface area contributed by atoms with Gasteiger partial charge in [-0.25, -0.2) is 4.79 Å². The summed E-state index contributed by atoms with van der Waals surface area (Å²) in [6.45, 7) is 2.06. The first kappa shape index (κ1) is 24.0. The molecule has 0 aliphatic carbocycles. The summed E-state index contributed by atoms with van der Waals surface area (Å²) in [6, 6.07) is 27.4. The van der Waals surface area contributed by atoms with Gasteiger partial charge in [0.2, 0.25) is 5.91 Å². The Bertz CT molecular complexity index is 1370. The Labute approximate surface area is 207 Å². The first-order valence-electron chi connectivity index (χ1n) is 11.1. The van der Waals surface area contributed by atoms with Crippen LogP contribution in [0.1, 0.15) is 27.6 Å².